The quantitative estimate of drug-likeness (QED) is 0.323. The van der Waals surface area contributed by atoms with E-state index in [2.05, 4.69) is 20.6 Å². The van der Waals surface area contributed by atoms with Gasteiger partial charge in [0.05, 0.1) is 19.8 Å². The van der Waals surface area contributed by atoms with Crippen LogP contribution in [-0.2, 0) is 16.0 Å². The smallest absolute Gasteiger partial charge is 0.219 e. The van der Waals surface area contributed by atoms with Crippen molar-refractivity contribution < 1.29 is 18.6 Å². The van der Waals surface area contributed by atoms with E-state index in [1.165, 1.54) is 12.1 Å². The fraction of sp³-hybridized carbons (Fsp3) is 0.478. The number of halogens is 1. The molecule has 0 saturated carbocycles. The van der Waals surface area contributed by atoms with Gasteiger partial charge in [0.25, 0.3) is 0 Å². The minimum absolute atomic E-state index is 0.304. The molecule has 1 aromatic heterocycles. The lowest BCUT2D eigenvalue weighted by Gasteiger charge is -2.12. The molecular formula is C23H31FN4O3. The lowest BCUT2D eigenvalue weighted by molar-refractivity contribution is 0.0888. The molecule has 168 valence electrons. The number of ether oxygens (including phenoxy) is 3. The number of pyridine rings is 1. The van der Waals surface area contributed by atoms with Gasteiger partial charge in [0.15, 0.2) is 5.96 Å². The van der Waals surface area contributed by atoms with Crippen LogP contribution in [0, 0.1) is 11.7 Å². The van der Waals surface area contributed by atoms with Gasteiger partial charge in [0.2, 0.25) is 5.88 Å². The van der Waals surface area contributed by atoms with Crippen LogP contribution in [0.25, 0.3) is 0 Å². The van der Waals surface area contributed by atoms with Gasteiger partial charge in [-0.1, -0.05) is 0 Å². The molecule has 0 amide bonds. The first-order valence-electron chi connectivity index (χ1n) is 10.8. The maximum Gasteiger partial charge on any atom is 0.219 e. The molecule has 8 heteroatoms. The highest BCUT2D eigenvalue weighted by atomic mass is 19.1. The Hall–Kier alpha value is -2.71. The molecule has 2 aromatic rings. The van der Waals surface area contributed by atoms with E-state index < -0.39 is 0 Å². The first-order chi connectivity index (χ1) is 15.2. The molecule has 1 aliphatic heterocycles. The second kappa shape index (κ2) is 12.9. The van der Waals surface area contributed by atoms with Gasteiger partial charge >= 0.3 is 0 Å². The fourth-order valence-corrected chi connectivity index (χ4v) is 3.09. The highest BCUT2D eigenvalue weighted by Crippen LogP contribution is 2.20. The van der Waals surface area contributed by atoms with E-state index in [1.807, 2.05) is 19.1 Å². The lowest BCUT2D eigenvalue weighted by Crippen LogP contribution is -2.38. The van der Waals surface area contributed by atoms with Crippen LogP contribution in [0.2, 0.25) is 0 Å². The normalized spacial score (nSPS) is 16.3. The van der Waals surface area contributed by atoms with Crippen molar-refractivity contribution >= 4 is 5.96 Å². The molecule has 2 N–H and O–H groups in total. The predicted molar refractivity (Wildman–Crippen MR) is 118 cm³/mol. The van der Waals surface area contributed by atoms with E-state index in [0.29, 0.717) is 24.1 Å². The first-order valence-corrected chi connectivity index (χ1v) is 10.8. The summed E-state index contributed by atoms with van der Waals surface area (Å²) in [4.78, 5) is 8.84. The summed E-state index contributed by atoms with van der Waals surface area (Å²) >= 11 is 0. The van der Waals surface area contributed by atoms with Crippen LogP contribution in [0.3, 0.4) is 0 Å². The van der Waals surface area contributed by atoms with Crippen LogP contribution in [-0.4, -0.2) is 50.5 Å². The van der Waals surface area contributed by atoms with Gasteiger partial charge in [0, 0.05) is 44.5 Å². The third-order valence-corrected chi connectivity index (χ3v) is 4.73. The number of nitrogens with one attached hydrogen (secondary N) is 2. The van der Waals surface area contributed by atoms with Gasteiger partial charge in [-0.05, 0) is 55.7 Å². The Balaban J connectivity index is 1.42. The Kier molecular flexibility index (Phi) is 9.53. The molecule has 2 heterocycles. The summed E-state index contributed by atoms with van der Waals surface area (Å²) in [5.74, 6) is 1.98. The van der Waals surface area contributed by atoms with Crippen LogP contribution < -0.4 is 15.4 Å². The van der Waals surface area contributed by atoms with Crippen LogP contribution in [0.4, 0.5) is 4.39 Å². The molecular weight excluding hydrogens is 399 g/mol. The number of aromatic nitrogens is 1. The summed E-state index contributed by atoms with van der Waals surface area (Å²) in [5.41, 5.74) is 0.964. The molecule has 0 radical (unpaired) electrons. The number of benzene rings is 1. The van der Waals surface area contributed by atoms with Gasteiger partial charge in [-0.15, -0.1) is 0 Å². The van der Waals surface area contributed by atoms with Crippen LogP contribution in [0.1, 0.15) is 25.3 Å². The molecule has 31 heavy (non-hydrogen) atoms. The molecule has 1 saturated heterocycles. The summed E-state index contributed by atoms with van der Waals surface area (Å²) in [6.07, 6.45) is 3.68. The van der Waals surface area contributed by atoms with Gasteiger partial charge in [-0.25, -0.2) is 14.4 Å². The lowest BCUT2D eigenvalue weighted by atomic mass is 10.1. The van der Waals surface area contributed by atoms with Crippen molar-refractivity contribution in [2.75, 3.05) is 39.5 Å². The van der Waals surface area contributed by atoms with Crippen LogP contribution in [0.5, 0.6) is 11.6 Å². The van der Waals surface area contributed by atoms with Gasteiger partial charge in [-0.2, -0.15) is 0 Å². The molecule has 7 nitrogen and oxygen atoms in total. The second-order valence-corrected chi connectivity index (χ2v) is 7.34. The number of hydrogen-bond donors (Lipinski definition) is 2. The Labute approximate surface area is 183 Å². The summed E-state index contributed by atoms with van der Waals surface area (Å²) in [7, 11) is 0. The summed E-state index contributed by atoms with van der Waals surface area (Å²) in [6.45, 7) is 7.24. The second-order valence-electron chi connectivity index (χ2n) is 7.34. The van der Waals surface area contributed by atoms with Crippen LogP contribution >= 0.6 is 0 Å². The number of guanidine groups is 1. The van der Waals surface area contributed by atoms with Gasteiger partial charge < -0.3 is 24.8 Å². The monoisotopic (exact) mass is 430 g/mol. The Morgan fingerprint density at radius 3 is 2.90 bits per heavy atom. The standard InChI is InChI=1S/C23H31FN4O3/c1-2-25-23(27-10-3-12-29-16-19-9-13-30-17-19)28-15-18-8-11-26-22(14-18)31-21-6-4-20(24)5-7-21/h4-8,11,14,19H,2-3,9-10,12-13,15-17H2,1H3,(H2,25,27,28). The van der Waals surface area contributed by atoms with Crippen molar-refractivity contribution in [2.24, 2.45) is 10.9 Å². The highest BCUT2D eigenvalue weighted by Gasteiger charge is 2.15. The average Bonchev–Trinajstić information content (AvgIpc) is 3.30. The third-order valence-electron chi connectivity index (χ3n) is 4.73. The Bertz CT molecular complexity index is 811. The van der Waals surface area contributed by atoms with Gasteiger partial charge in [0.1, 0.15) is 11.6 Å². The van der Waals surface area contributed by atoms with Crippen molar-refractivity contribution in [1.29, 1.82) is 0 Å². The van der Waals surface area contributed by atoms with E-state index in [9.17, 15) is 4.39 Å². The zero-order valence-corrected chi connectivity index (χ0v) is 18.0. The highest BCUT2D eigenvalue weighted by molar-refractivity contribution is 5.79. The maximum absolute atomic E-state index is 13.0. The number of rotatable bonds is 11. The summed E-state index contributed by atoms with van der Waals surface area (Å²) < 4.78 is 29.8. The molecule has 1 fully saturated rings. The van der Waals surface area contributed by atoms with E-state index in [1.54, 1.807) is 18.3 Å². The predicted octanol–water partition coefficient (Wildman–Crippen LogP) is 3.51. The van der Waals surface area contributed by atoms with Gasteiger partial charge in [-0.3, -0.25) is 0 Å². The molecule has 0 aliphatic carbocycles. The largest absolute Gasteiger partial charge is 0.439 e. The SMILES string of the molecule is CCNC(=NCc1ccnc(Oc2ccc(F)cc2)c1)NCCCOCC1CCOC1. The van der Waals surface area contributed by atoms with E-state index >= 15 is 0 Å². The molecule has 3 rings (SSSR count). The first kappa shape index (κ1) is 23.0. The maximum atomic E-state index is 13.0. The molecule has 1 aliphatic rings. The van der Waals surface area contributed by atoms with E-state index in [4.69, 9.17) is 14.2 Å². The zero-order valence-electron chi connectivity index (χ0n) is 18.0. The van der Waals surface area contributed by atoms with E-state index in [0.717, 1.165) is 63.9 Å². The Morgan fingerprint density at radius 2 is 2.13 bits per heavy atom. The van der Waals surface area contributed by atoms with Crippen molar-refractivity contribution in [3.63, 3.8) is 0 Å². The fourth-order valence-electron chi connectivity index (χ4n) is 3.09. The van der Waals surface area contributed by atoms with Crippen LogP contribution in [0.15, 0.2) is 47.6 Å². The number of nitrogens with zero attached hydrogens (tertiary/aromatic N) is 2. The summed E-state index contributed by atoms with van der Waals surface area (Å²) in [5, 5.41) is 6.58. The summed E-state index contributed by atoms with van der Waals surface area (Å²) in [6, 6.07) is 9.57. The molecule has 1 aromatic carbocycles. The minimum Gasteiger partial charge on any atom is -0.439 e. The van der Waals surface area contributed by atoms with Crippen molar-refractivity contribution in [1.82, 2.24) is 15.6 Å². The molecule has 0 spiro atoms. The zero-order chi connectivity index (χ0) is 21.7. The molecule has 1 unspecified atom stereocenters. The number of aliphatic imine (C=N–C) groups is 1. The van der Waals surface area contributed by atoms with E-state index in [-0.39, 0.29) is 5.82 Å². The van der Waals surface area contributed by atoms with Crippen molar-refractivity contribution in [3.8, 4) is 11.6 Å². The number of hydrogen-bond acceptors (Lipinski definition) is 5. The topological polar surface area (TPSA) is 77.0 Å². The van der Waals surface area contributed by atoms with Crippen molar-refractivity contribution in [3.05, 3.63) is 54.0 Å². The Morgan fingerprint density at radius 1 is 1.26 bits per heavy atom. The minimum atomic E-state index is -0.304. The molecule has 0 bridgehead atoms. The van der Waals surface area contributed by atoms with Crippen molar-refractivity contribution in [2.45, 2.75) is 26.3 Å². The molecule has 1 atom stereocenters. The third kappa shape index (κ3) is 8.51. The average molecular weight is 431 g/mol.